The van der Waals surface area contributed by atoms with Gasteiger partial charge in [0, 0.05) is 31.2 Å². The molecule has 2 aromatic heterocycles. The van der Waals surface area contributed by atoms with E-state index in [4.69, 9.17) is 0 Å². The fourth-order valence-electron chi connectivity index (χ4n) is 1.84. The average Bonchev–Trinajstić information content (AvgIpc) is 3.13. The molecule has 5 nitrogen and oxygen atoms in total. The molecule has 1 aliphatic carbocycles. The van der Waals surface area contributed by atoms with Crippen molar-refractivity contribution >= 4 is 17.2 Å². The number of aromatic nitrogens is 3. The maximum absolute atomic E-state index is 4.63. The van der Waals surface area contributed by atoms with E-state index in [0.717, 1.165) is 30.3 Å². The quantitative estimate of drug-likeness (QED) is 0.871. The van der Waals surface area contributed by atoms with Crippen LogP contribution in [0.3, 0.4) is 0 Å². The first-order valence-electron chi connectivity index (χ1n) is 6.44. The minimum atomic E-state index is 0.693. The summed E-state index contributed by atoms with van der Waals surface area (Å²) < 4.78 is 0. The molecule has 6 heteroatoms. The van der Waals surface area contributed by atoms with Crippen molar-refractivity contribution in [2.75, 3.05) is 11.9 Å². The van der Waals surface area contributed by atoms with Crippen molar-refractivity contribution in [2.45, 2.75) is 32.0 Å². The second-order valence-corrected chi connectivity index (χ2v) is 5.58. The van der Waals surface area contributed by atoms with Crippen LogP contribution in [-0.2, 0) is 13.1 Å². The molecule has 2 aromatic rings. The molecule has 0 amide bonds. The van der Waals surface area contributed by atoms with E-state index in [1.807, 2.05) is 18.8 Å². The van der Waals surface area contributed by atoms with Crippen LogP contribution in [0.2, 0.25) is 0 Å². The fraction of sp³-hybridized carbons (Fsp3) is 0.462. The first kappa shape index (κ1) is 12.5. The van der Waals surface area contributed by atoms with Gasteiger partial charge in [0.2, 0.25) is 0 Å². The molecular weight excluding hydrogens is 258 g/mol. The van der Waals surface area contributed by atoms with Crippen molar-refractivity contribution in [3.8, 4) is 0 Å². The van der Waals surface area contributed by atoms with Crippen LogP contribution in [0.5, 0.6) is 0 Å². The maximum Gasteiger partial charge on any atom is 0.147 e. The molecule has 0 radical (unpaired) electrons. The molecule has 19 heavy (non-hydrogen) atoms. The molecule has 1 aliphatic rings. The molecule has 0 saturated heterocycles. The van der Waals surface area contributed by atoms with E-state index in [9.17, 15) is 0 Å². The van der Waals surface area contributed by atoms with Gasteiger partial charge in [-0.2, -0.15) is 0 Å². The Kier molecular flexibility index (Phi) is 3.70. The van der Waals surface area contributed by atoms with E-state index in [-0.39, 0.29) is 0 Å². The predicted molar refractivity (Wildman–Crippen MR) is 76.1 cm³/mol. The van der Waals surface area contributed by atoms with Gasteiger partial charge in [0.15, 0.2) is 0 Å². The third-order valence-corrected chi connectivity index (χ3v) is 3.73. The van der Waals surface area contributed by atoms with Crippen molar-refractivity contribution in [3.63, 3.8) is 0 Å². The standard InChI is InChI=1S/C13H17N5S/c1-18(7-12-8-19-9-16-12)13-6-14-4-11(17-13)5-15-10-2-3-10/h4,6,8-10,15H,2-3,5,7H2,1H3. The van der Waals surface area contributed by atoms with Crippen LogP contribution in [-0.4, -0.2) is 28.0 Å². The van der Waals surface area contributed by atoms with Gasteiger partial charge in [-0.3, -0.25) is 4.98 Å². The molecule has 1 saturated carbocycles. The average molecular weight is 275 g/mol. The van der Waals surface area contributed by atoms with Crippen molar-refractivity contribution < 1.29 is 0 Å². The van der Waals surface area contributed by atoms with Crippen LogP contribution in [0, 0.1) is 0 Å². The molecule has 1 fully saturated rings. The minimum Gasteiger partial charge on any atom is -0.352 e. The number of rotatable bonds is 6. The third kappa shape index (κ3) is 3.48. The van der Waals surface area contributed by atoms with Crippen molar-refractivity contribution in [1.82, 2.24) is 20.3 Å². The lowest BCUT2D eigenvalue weighted by atomic mass is 10.4. The molecule has 0 atom stereocenters. The molecule has 3 rings (SSSR count). The lowest BCUT2D eigenvalue weighted by molar-refractivity contribution is 0.670. The van der Waals surface area contributed by atoms with Gasteiger partial charge in [-0.25, -0.2) is 9.97 Å². The Hall–Kier alpha value is -1.53. The topological polar surface area (TPSA) is 53.9 Å². The first-order valence-corrected chi connectivity index (χ1v) is 7.38. The SMILES string of the molecule is CN(Cc1cscn1)c1cncc(CNC2CC2)n1. The monoisotopic (exact) mass is 275 g/mol. The highest BCUT2D eigenvalue weighted by Crippen LogP contribution is 2.19. The molecule has 0 aliphatic heterocycles. The first-order chi connectivity index (χ1) is 9.31. The van der Waals surface area contributed by atoms with Gasteiger partial charge in [-0.1, -0.05) is 0 Å². The zero-order valence-electron chi connectivity index (χ0n) is 10.9. The van der Waals surface area contributed by atoms with Gasteiger partial charge in [-0.05, 0) is 12.8 Å². The van der Waals surface area contributed by atoms with Crippen LogP contribution in [0.1, 0.15) is 24.2 Å². The summed E-state index contributed by atoms with van der Waals surface area (Å²) in [5, 5.41) is 5.51. The third-order valence-electron chi connectivity index (χ3n) is 3.09. The normalized spacial score (nSPS) is 14.6. The highest BCUT2D eigenvalue weighted by atomic mass is 32.1. The van der Waals surface area contributed by atoms with Gasteiger partial charge in [0.25, 0.3) is 0 Å². The number of nitrogens with zero attached hydrogens (tertiary/aromatic N) is 4. The largest absolute Gasteiger partial charge is 0.352 e. The molecule has 100 valence electrons. The number of anilines is 1. The Morgan fingerprint density at radius 2 is 2.26 bits per heavy atom. The van der Waals surface area contributed by atoms with E-state index in [1.165, 1.54) is 12.8 Å². The van der Waals surface area contributed by atoms with Crippen LogP contribution < -0.4 is 10.2 Å². The van der Waals surface area contributed by atoms with Gasteiger partial charge in [-0.15, -0.1) is 11.3 Å². The lowest BCUT2D eigenvalue weighted by Gasteiger charge is -2.17. The number of thiazole rings is 1. The van der Waals surface area contributed by atoms with Gasteiger partial charge in [0.05, 0.1) is 29.6 Å². The summed E-state index contributed by atoms with van der Waals surface area (Å²) in [6, 6.07) is 0.693. The van der Waals surface area contributed by atoms with Gasteiger partial charge in [0.1, 0.15) is 5.82 Å². The van der Waals surface area contributed by atoms with Gasteiger partial charge >= 0.3 is 0 Å². The van der Waals surface area contributed by atoms with E-state index < -0.39 is 0 Å². The molecule has 1 N–H and O–H groups in total. The fourth-order valence-corrected chi connectivity index (χ4v) is 2.39. The number of hydrogen-bond acceptors (Lipinski definition) is 6. The van der Waals surface area contributed by atoms with E-state index in [1.54, 1.807) is 17.5 Å². The summed E-state index contributed by atoms with van der Waals surface area (Å²) in [6.07, 6.45) is 6.20. The molecule has 0 unspecified atom stereocenters. The zero-order valence-corrected chi connectivity index (χ0v) is 11.7. The van der Waals surface area contributed by atoms with Crippen molar-refractivity contribution in [3.05, 3.63) is 34.7 Å². The summed E-state index contributed by atoms with van der Waals surface area (Å²) in [6.45, 7) is 1.56. The maximum atomic E-state index is 4.63. The predicted octanol–water partition coefficient (Wildman–Crippen LogP) is 1.82. The summed E-state index contributed by atoms with van der Waals surface area (Å²) >= 11 is 1.61. The smallest absolute Gasteiger partial charge is 0.147 e. The molecular formula is C13H17N5S. The highest BCUT2D eigenvalue weighted by molar-refractivity contribution is 7.07. The summed E-state index contributed by atoms with van der Waals surface area (Å²) in [4.78, 5) is 15.3. The van der Waals surface area contributed by atoms with Crippen LogP contribution in [0.4, 0.5) is 5.82 Å². The van der Waals surface area contributed by atoms with Crippen LogP contribution in [0.15, 0.2) is 23.3 Å². The lowest BCUT2D eigenvalue weighted by Crippen LogP contribution is -2.20. The zero-order chi connectivity index (χ0) is 13.1. The molecule has 2 heterocycles. The van der Waals surface area contributed by atoms with Crippen LogP contribution >= 0.6 is 11.3 Å². The Bertz CT molecular complexity index is 524. The Balaban J connectivity index is 1.63. The minimum absolute atomic E-state index is 0.693. The highest BCUT2D eigenvalue weighted by Gasteiger charge is 2.20. The van der Waals surface area contributed by atoms with E-state index in [2.05, 4.69) is 30.5 Å². The second kappa shape index (κ2) is 5.63. The molecule has 0 aromatic carbocycles. The van der Waals surface area contributed by atoms with Crippen molar-refractivity contribution in [1.29, 1.82) is 0 Å². The van der Waals surface area contributed by atoms with E-state index in [0.29, 0.717) is 6.04 Å². The number of hydrogen-bond donors (Lipinski definition) is 1. The summed E-state index contributed by atoms with van der Waals surface area (Å²) in [5.74, 6) is 0.892. The number of nitrogens with one attached hydrogen (secondary N) is 1. The van der Waals surface area contributed by atoms with Gasteiger partial charge < -0.3 is 10.2 Å². The summed E-state index contributed by atoms with van der Waals surface area (Å²) in [7, 11) is 2.02. The van der Waals surface area contributed by atoms with Crippen molar-refractivity contribution in [2.24, 2.45) is 0 Å². The Morgan fingerprint density at radius 1 is 1.37 bits per heavy atom. The second-order valence-electron chi connectivity index (χ2n) is 4.86. The summed E-state index contributed by atoms with van der Waals surface area (Å²) in [5.41, 5.74) is 3.91. The Labute approximate surface area is 116 Å². The Morgan fingerprint density at radius 3 is 3.00 bits per heavy atom. The molecule has 0 bridgehead atoms. The van der Waals surface area contributed by atoms with E-state index >= 15 is 0 Å². The molecule has 0 spiro atoms. The van der Waals surface area contributed by atoms with Crippen LogP contribution in [0.25, 0.3) is 0 Å².